The number of hydrogen-bond donors (Lipinski definition) is 0. The molecule has 0 radical (unpaired) electrons. The van der Waals surface area contributed by atoms with Crippen molar-refractivity contribution in [1.82, 2.24) is 4.98 Å². The van der Waals surface area contributed by atoms with Crippen LogP contribution in [0.25, 0.3) is 0 Å². The molecule has 0 aliphatic rings. The summed E-state index contributed by atoms with van der Waals surface area (Å²) >= 11 is 0. The lowest BCUT2D eigenvalue weighted by Gasteiger charge is -2.23. The minimum absolute atomic E-state index is 0.120. The van der Waals surface area contributed by atoms with E-state index in [1.54, 1.807) is 36.5 Å². The smallest absolute Gasteiger partial charge is 0.270 e. The number of anilines is 1. The number of methoxy groups -OCH3 is 3. The zero-order chi connectivity index (χ0) is 22.4. The number of hydrogen-bond acceptors (Lipinski definition) is 7. The highest BCUT2D eigenvalue weighted by atomic mass is 16.6. The van der Waals surface area contributed by atoms with Gasteiger partial charge in [0.1, 0.15) is 5.82 Å². The van der Waals surface area contributed by atoms with Crippen LogP contribution in [-0.2, 0) is 6.54 Å². The first-order chi connectivity index (χ1) is 15.0. The molecule has 0 aliphatic carbocycles. The summed E-state index contributed by atoms with van der Waals surface area (Å²) in [5.74, 6) is 1.29. The molecule has 160 valence electrons. The molecule has 0 unspecified atom stereocenters. The first-order valence-electron chi connectivity index (χ1n) is 9.24. The summed E-state index contributed by atoms with van der Waals surface area (Å²) in [5.41, 5.74) is 0.700. The minimum atomic E-state index is -0.541. The van der Waals surface area contributed by atoms with Crippen LogP contribution in [0, 0.1) is 10.1 Å². The van der Waals surface area contributed by atoms with E-state index in [0.717, 1.165) is 0 Å². The number of nitro benzene ring substituents is 1. The zero-order valence-corrected chi connectivity index (χ0v) is 17.3. The molecule has 0 saturated carbocycles. The Bertz CT molecular complexity index is 1060. The number of non-ortho nitro benzene ring substituents is 1. The fraction of sp³-hybridized carbons (Fsp3) is 0.182. The average Bonchev–Trinajstić information content (AvgIpc) is 2.81. The number of ether oxygens (including phenoxy) is 3. The van der Waals surface area contributed by atoms with Gasteiger partial charge in [-0.15, -0.1) is 0 Å². The van der Waals surface area contributed by atoms with E-state index in [0.29, 0.717) is 28.6 Å². The summed E-state index contributed by atoms with van der Waals surface area (Å²) in [6.45, 7) is 0.120. The van der Waals surface area contributed by atoms with Gasteiger partial charge in [-0.3, -0.25) is 19.8 Å². The quantitative estimate of drug-likeness (QED) is 0.400. The molecule has 1 aromatic heterocycles. The molecular formula is C22H21N3O6. The molecule has 0 aliphatic heterocycles. The van der Waals surface area contributed by atoms with Crippen LogP contribution in [0.5, 0.6) is 17.2 Å². The third-order valence-corrected chi connectivity index (χ3v) is 4.54. The first kappa shape index (κ1) is 21.6. The van der Waals surface area contributed by atoms with Crippen molar-refractivity contribution in [2.45, 2.75) is 6.54 Å². The fourth-order valence-electron chi connectivity index (χ4n) is 3.09. The normalized spacial score (nSPS) is 10.3. The van der Waals surface area contributed by atoms with Crippen molar-refractivity contribution in [3.63, 3.8) is 0 Å². The van der Waals surface area contributed by atoms with Crippen LogP contribution in [0.15, 0.2) is 60.8 Å². The van der Waals surface area contributed by atoms with Crippen LogP contribution in [-0.4, -0.2) is 37.1 Å². The predicted octanol–water partition coefficient (Wildman–Crippen LogP) is 3.86. The number of carbonyl (C=O) groups is 1. The van der Waals surface area contributed by atoms with Crippen LogP contribution >= 0.6 is 0 Å². The summed E-state index contributed by atoms with van der Waals surface area (Å²) in [4.78, 5) is 29.6. The molecule has 0 fully saturated rings. The standard InChI is InChI=1S/C22H21N3O6/c1-29-18-11-15(12-19(30-2)21(18)31-3)14-24(20-9-4-5-10-23-20)22(26)16-7-6-8-17(13-16)25(27)28/h4-13H,14H2,1-3H3. The molecule has 2 aromatic carbocycles. The lowest BCUT2D eigenvalue weighted by molar-refractivity contribution is -0.384. The van der Waals surface area contributed by atoms with Crippen LogP contribution < -0.4 is 19.1 Å². The van der Waals surface area contributed by atoms with Crippen LogP contribution in [0.3, 0.4) is 0 Å². The number of carbonyl (C=O) groups excluding carboxylic acids is 1. The molecule has 31 heavy (non-hydrogen) atoms. The van der Waals surface area contributed by atoms with Gasteiger partial charge in [-0.1, -0.05) is 12.1 Å². The van der Waals surface area contributed by atoms with Crippen LogP contribution in [0.4, 0.5) is 11.5 Å². The maximum atomic E-state index is 13.3. The second-order valence-corrected chi connectivity index (χ2v) is 6.42. The number of nitro groups is 1. The Morgan fingerprint density at radius 3 is 2.26 bits per heavy atom. The van der Waals surface area contributed by atoms with E-state index >= 15 is 0 Å². The van der Waals surface area contributed by atoms with Gasteiger partial charge in [0, 0.05) is 23.9 Å². The van der Waals surface area contributed by atoms with E-state index in [4.69, 9.17) is 14.2 Å². The lowest BCUT2D eigenvalue weighted by Crippen LogP contribution is -2.31. The van der Waals surface area contributed by atoms with Crippen LogP contribution in [0.1, 0.15) is 15.9 Å². The molecule has 1 heterocycles. The summed E-state index contributed by atoms with van der Waals surface area (Å²) in [7, 11) is 4.52. The largest absolute Gasteiger partial charge is 0.493 e. The Labute approximate surface area is 179 Å². The topological polar surface area (TPSA) is 104 Å². The van der Waals surface area contributed by atoms with Gasteiger partial charge in [-0.05, 0) is 35.9 Å². The summed E-state index contributed by atoms with van der Waals surface area (Å²) < 4.78 is 16.1. The Hall–Kier alpha value is -4.14. The molecule has 0 bridgehead atoms. The Morgan fingerprint density at radius 2 is 1.71 bits per heavy atom. The average molecular weight is 423 g/mol. The highest BCUT2D eigenvalue weighted by molar-refractivity contribution is 6.05. The lowest BCUT2D eigenvalue weighted by atomic mass is 10.1. The number of amides is 1. The minimum Gasteiger partial charge on any atom is -0.493 e. The van der Waals surface area contributed by atoms with Gasteiger partial charge in [-0.2, -0.15) is 0 Å². The van der Waals surface area contributed by atoms with Crippen molar-refractivity contribution < 1.29 is 23.9 Å². The van der Waals surface area contributed by atoms with Gasteiger partial charge in [0.15, 0.2) is 11.5 Å². The van der Waals surface area contributed by atoms with E-state index in [-0.39, 0.29) is 17.8 Å². The van der Waals surface area contributed by atoms with E-state index in [2.05, 4.69) is 4.98 Å². The number of nitrogens with zero attached hydrogens (tertiary/aromatic N) is 3. The number of benzene rings is 2. The Morgan fingerprint density at radius 1 is 1.00 bits per heavy atom. The van der Waals surface area contributed by atoms with E-state index in [1.165, 1.54) is 50.5 Å². The molecule has 0 saturated heterocycles. The van der Waals surface area contributed by atoms with Crippen molar-refractivity contribution in [2.75, 3.05) is 26.2 Å². The third-order valence-electron chi connectivity index (χ3n) is 4.54. The third kappa shape index (κ3) is 4.72. The molecular weight excluding hydrogens is 402 g/mol. The maximum absolute atomic E-state index is 13.3. The van der Waals surface area contributed by atoms with Gasteiger partial charge >= 0.3 is 0 Å². The summed E-state index contributed by atoms with van der Waals surface area (Å²) in [5, 5.41) is 11.1. The SMILES string of the molecule is COc1cc(CN(C(=O)c2cccc([N+](=O)[O-])c2)c2ccccn2)cc(OC)c1OC. The zero-order valence-electron chi connectivity index (χ0n) is 17.3. The van der Waals surface area contributed by atoms with Gasteiger partial charge in [0.25, 0.3) is 11.6 Å². The van der Waals surface area contributed by atoms with Gasteiger partial charge in [0.05, 0.1) is 32.8 Å². The van der Waals surface area contributed by atoms with Crippen molar-refractivity contribution in [3.8, 4) is 17.2 Å². The highest BCUT2D eigenvalue weighted by Gasteiger charge is 2.23. The second-order valence-electron chi connectivity index (χ2n) is 6.42. The van der Waals surface area contributed by atoms with Gasteiger partial charge in [0.2, 0.25) is 5.75 Å². The second kappa shape index (κ2) is 9.57. The summed E-state index contributed by atoms with van der Waals surface area (Å²) in [6.07, 6.45) is 1.57. The van der Waals surface area contributed by atoms with E-state index in [1.807, 2.05) is 0 Å². The molecule has 3 rings (SSSR count). The monoisotopic (exact) mass is 423 g/mol. The molecule has 3 aromatic rings. The molecule has 0 N–H and O–H groups in total. The Kier molecular flexibility index (Phi) is 6.66. The summed E-state index contributed by atoms with van der Waals surface area (Å²) in [6, 6.07) is 14.2. The van der Waals surface area contributed by atoms with Gasteiger partial charge in [-0.25, -0.2) is 4.98 Å². The fourth-order valence-corrected chi connectivity index (χ4v) is 3.09. The molecule has 1 amide bonds. The molecule has 9 heteroatoms. The molecule has 0 spiro atoms. The van der Waals surface area contributed by atoms with Crippen LogP contribution in [0.2, 0.25) is 0 Å². The van der Waals surface area contributed by atoms with Crippen molar-refractivity contribution >= 4 is 17.4 Å². The number of aromatic nitrogens is 1. The molecule has 0 atom stereocenters. The Balaban J connectivity index is 2.05. The first-order valence-corrected chi connectivity index (χ1v) is 9.24. The maximum Gasteiger partial charge on any atom is 0.270 e. The molecule has 9 nitrogen and oxygen atoms in total. The van der Waals surface area contributed by atoms with E-state index < -0.39 is 10.8 Å². The predicted molar refractivity (Wildman–Crippen MR) is 114 cm³/mol. The van der Waals surface area contributed by atoms with Crippen molar-refractivity contribution in [2.24, 2.45) is 0 Å². The van der Waals surface area contributed by atoms with Crippen molar-refractivity contribution in [1.29, 1.82) is 0 Å². The van der Waals surface area contributed by atoms with Crippen molar-refractivity contribution in [3.05, 3.63) is 82.0 Å². The highest BCUT2D eigenvalue weighted by Crippen LogP contribution is 2.38. The number of pyridine rings is 1. The van der Waals surface area contributed by atoms with Gasteiger partial charge < -0.3 is 14.2 Å². The number of rotatable bonds is 8. The van der Waals surface area contributed by atoms with E-state index in [9.17, 15) is 14.9 Å².